The van der Waals surface area contributed by atoms with Gasteiger partial charge < -0.3 is 10.4 Å². The van der Waals surface area contributed by atoms with Crippen LogP contribution in [-0.4, -0.2) is 17.6 Å². The number of hydrogen-bond donors (Lipinski definition) is 2. The lowest BCUT2D eigenvalue weighted by atomic mass is 10.2. The number of amides is 1. The fraction of sp³-hybridized carbons (Fsp3) is 0.250. The van der Waals surface area contributed by atoms with Crippen LogP contribution in [0, 0.1) is 12.3 Å². The van der Waals surface area contributed by atoms with Gasteiger partial charge in [0, 0.05) is 13.0 Å². The van der Waals surface area contributed by atoms with E-state index in [9.17, 15) is 9.90 Å². The molecule has 3 heteroatoms. The number of carbonyl (C=O) groups is 1. The summed E-state index contributed by atoms with van der Waals surface area (Å²) >= 11 is 0. The molecule has 1 aromatic rings. The van der Waals surface area contributed by atoms with Crippen LogP contribution in [0.4, 0.5) is 0 Å². The van der Waals surface area contributed by atoms with E-state index in [2.05, 4.69) is 11.2 Å². The number of benzene rings is 1. The van der Waals surface area contributed by atoms with Crippen molar-refractivity contribution in [2.45, 2.75) is 12.8 Å². The molecule has 0 fully saturated rings. The molecule has 0 saturated carbocycles. The molecule has 78 valence electrons. The Balaban J connectivity index is 2.48. The third-order valence-electron chi connectivity index (χ3n) is 1.93. The Kier molecular flexibility index (Phi) is 4.24. The standard InChI is InChI=1S/C12H13NO2/c1-2-3-6-9-13-12(15)10-7-4-5-8-11(10)14/h1,4-5,7-8,14H,3,6,9H2,(H,13,15). The van der Waals surface area contributed by atoms with Crippen LogP contribution < -0.4 is 5.32 Å². The SMILES string of the molecule is C#CCCCNC(=O)c1ccccc1O. The number of carbonyl (C=O) groups excluding carboxylic acids is 1. The van der Waals surface area contributed by atoms with E-state index in [0.29, 0.717) is 18.5 Å². The summed E-state index contributed by atoms with van der Waals surface area (Å²) in [6.45, 7) is 0.525. The second-order valence-electron chi connectivity index (χ2n) is 3.08. The van der Waals surface area contributed by atoms with Crippen LogP contribution in [0.5, 0.6) is 5.75 Å². The number of phenols is 1. The first-order valence-corrected chi connectivity index (χ1v) is 4.75. The van der Waals surface area contributed by atoms with Gasteiger partial charge in [0.15, 0.2) is 0 Å². The molecule has 1 amide bonds. The van der Waals surface area contributed by atoms with Crippen LogP contribution in [0.15, 0.2) is 24.3 Å². The van der Waals surface area contributed by atoms with E-state index in [0.717, 1.165) is 6.42 Å². The molecule has 0 aromatic heterocycles. The molecule has 0 unspecified atom stereocenters. The van der Waals surface area contributed by atoms with E-state index in [1.165, 1.54) is 6.07 Å². The molecular formula is C12H13NO2. The molecule has 3 nitrogen and oxygen atoms in total. The second kappa shape index (κ2) is 5.71. The van der Waals surface area contributed by atoms with Crippen molar-refractivity contribution in [3.05, 3.63) is 29.8 Å². The monoisotopic (exact) mass is 203 g/mol. The summed E-state index contributed by atoms with van der Waals surface area (Å²) < 4.78 is 0. The summed E-state index contributed by atoms with van der Waals surface area (Å²) in [5.74, 6) is 2.21. The maximum absolute atomic E-state index is 11.5. The number of para-hydroxylation sites is 1. The Morgan fingerprint density at radius 3 is 2.87 bits per heavy atom. The maximum atomic E-state index is 11.5. The van der Waals surface area contributed by atoms with Crippen molar-refractivity contribution in [2.75, 3.05) is 6.54 Å². The van der Waals surface area contributed by atoms with Gasteiger partial charge in [-0.3, -0.25) is 4.79 Å². The van der Waals surface area contributed by atoms with Gasteiger partial charge in [-0.15, -0.1) is 12.3 Å². The molecular weight excluding hydrogens is 190 g/mol. The molecule has 2 N–H and O–H groups in total. The van der Waals surface area contributed by atoms with E-state index < -0.39 is 0 Å². The van der Waals surface area contributed by atoms with Gasteiger partial charge in [0.1, 0.15) is 5.75 Å². The topological polar surface area (TPSA) is 49.3 Å². The number of nitrogens with one attached hydrogen (secondary N) is 1. The molecule has 0 saturated heterocycles. The van der Waals surface area contributed by atoms with Crippen LogP contribution in [-0.2, 0) is 0 Å². The highest BCUT2D eigenvalue weighted by Gasteiger charge is 2.08. The molecule has 0 radical (unpaired) electrons. The molecule has 0 atom stereocenters. The Bertz CT molecular complexity index is 379. The molecule has 0 spiro atoms. The molecule has 15 heavy (non-hydrogen) atoms. The number of rotatable bonds is 4. The first-order valence-electron chi connectivity index (χ1n) is 4.75. The quantitative estimate of drug-likeness (QED) is 0.576. The summed E-state index contributed by atoms with van der Waals surface area (Å²) in [4.78, 5) is 11.5. The predicted molar refractivity (Wildman–Crippen MR) is 58.5 cm³/mol. The molecule has 0 aliphatic carbocycles. The van der Waals surface area contributed by atoms with Gasteiger partial charge in [-0.05, 0) is 18.6 Å². The van der Waals surface area contributed by atoms with Crippen LogP contribution in [0.3, 0.4) is 0 Å². The smallest absolute Gasteiger partial charge is 0.255 e. The van der Waals surface area contributed by atoms with Crippen LogP contribution in [0.1, 0.15) is 23.2 Å². The van der Waals surface area contributed by atoms with Crippen LogP contribution >= 0.6 is 0 Å². The molecule has 0 bridgehead atoms. The fourth-order valence-corrected chi connectivity index (χ4v) is 1.15. The first-order chi connectivity index (χ1) is 7.25. The lowest BCUT2D eigenvalue weighted by molar-refractivity contribution is 0.0950. The lowest BCUT2D eigenvalue weighted by Crippen LogP contribution is -2.24. The zero-order valence-corrected chi connectivity index (χ0v) is 8.36. The third-order valence-corrected chi connectivity index (χ3v) is 1.93. The summed E-state index contributed by atoms with van der Waals surface area (Å²) in [5.41, 5.74) is 0.290. The minimum atomic E-state index is -0.273. The number of unbranched alkanes of at least 4 members (excludes halogenated alkanes) is 1. The van der Waals surface area contributed by atoms with E-state index in [1.54, 1.807) is 18.2 Å². The average Bonchev–Trinajstić information content (AvgIpc) is 2.25. The summed E-state index contributed by atoms with van der Waals surface area (Å²) in [7, 11) is 0. The van der Waals surface area contributed by atoms with Crippen molar-refractivity contribution in [1.29, 1.82) is 0 Å². The normalized spacial score (nSPS) is 9.27. The Morgan fingerprint density at radius 1 is 1.47 bits per heavy atom. The van der Waals surface area contributed by atoms with Crippen LogP contribution in [0.25, 0.3) is 0 Å². The van der Waals surface area contributed by atoms with Crippen LogP contribution in [0.2, 0.25) is 0 Å². The molecule has 0 aliphatic heterocycles. The largest absolute Gasteiger partial charge is 0.507 e. The lowest BCUT2D eigenvalue weighted by Gasteiger charge is -2.05. The number of hydrogen-bond acceptors (Lipinski definition) is 2. The summed E-state index contributed by atoms with van der Waals surface area (Å²) in [5, 5.41) is 12.1. The minimum absolute atomic E-state index is 0.00745. The highest BCUT2D eigenvalue weighted by atomic mass is 16.3. The predicted octanol–water partition coefficient (Wildman–Crippen LogP) is 1.54. The Morgan fingerprint density at radius 2 is 2.20 bits per heavy atom. The number of terminal acetylenes is 1. The minimum Gasteiger partial charge on any atom is -0.507 e. The highest BCUT2D eigenvalue weighted by molar-refractivity contribution is 5.96. The van der Waals surface area contributed by atoms with E-state index in [-0.39, 0.29) is 11.7 Å². The molecule has 0 aliphatic rings. The Labute approximate surface area is 89.1 Å². The average molecular weight is 203 g/mol. The van der Waals surface area contributed by atoms with Gasteiger partial charge >= 0.3 is 0 Å². The van der Waals surface area contributed by atoms with Gasteiger partial charge in [-0.2, -0.15) is 0 Å². The van der Waals surface area contributed by atoms with Gasteiger partial charge in [-0.1, -0.05) is 12.1 Å². The van der Waals surface area contributed by atoms with Gasteiger partial charge in [0.25, 0.3) is 5.91 Å². The molecule has 1 rings (SSSR count). The summed E-state index contributed by atoms with van der Waals surface area (Å²) in [6, 6.07) is 6.43. The first kappa shape index (κ1) is 11.1. The van der Waals surface area contributed by atoms with Gasteiger partial charge in [-0.25, -0.2) is 0 Å². The number of aromatic hydroxyl groups is 1. The van der Waals surface area contributed by atoms with Crippen molar-refractivity contribution in [3.8, 4) is 18.1 Å². The van der Waals surface area contributed by atoms with Crippen molar-refractivity contribution < 1.29 is 9.90 Å². The van der Waals surface area contributed by atoms with Crippen molar-refractivity contribution in [3.63, 3.8) is 0 Å². The van der Waals surface area contributed by atoms with E-state index >= 15 is 0 Å². The third kappa shape index (κ3) is 3.35. The van der Waals surface area contributed by atoms with Crippen molar-refractivity contribution in [1.82, 2.24) is 5.32 Å². The maximum Gasteiger partial charge on any atom is 0.255 e. The molecule has 0 heterocycles. The second-order valence-corrected chi connectivity index (χ2v) is 3.08. The van der Waals surface area contributed by atoms with Crippen molar-refractivity contribution in [2.24, 2.45) is 0 Å². The zero-order chi connectivity index (χ0) is 11.1. The van der Waals surface area contributed by atoms with E-state index in [4.69, 9.17) is 6.42 Å². The summed E-state index contributed by atoms with van der Waals surface area (Å²) in [6.07, 6.45) is 6.46. The van der Waals surface area contributed by atoms with Gasteiger partial charge in [0.05, 0.1) is 5.56 Å². The van der Waals surface area contributed by atoms with Crippen molar-refractivity contribution >= 4 is 5.91 Å². The van der Waals surface area contributed by atoms with Gasteiger partial charge in [0.2, 0.25) is 0 Å². The zero-order valence-electron chi connectivity index (χ0n) is 8.36. The fourth-order valence-electron chi connectivity index (χ4n) is 1.15. The number of phenolic OH excluding ortho intramolecular Hbond substituents is 1. The molecule has 1 aromatic carbocycles. The van der Waals surface area contributed by atoms with E-state index in [1.807, 2.05) is 0 Å². The Hall–Kier alpha value is -1.95. The highest BCUT2D eigenvalue weighted by Crippen LogP contribution is 2.14.